The summed E-state index contributed by atoms with van der Waals surface area (Å²) in [5, 5.41) is 9.18. The number of rotatable bonds is 6. The number of ether oxygens (including phenoxy) is 1. The maximum atomic E-state index is 11.2. The van der Waals surface area contributed by atoms with Crippen molar-refractivity contribution in [3.63, 3.8) is 0 Å². The van der Waals surface area contributed by atoms with Gasteiger partial charge in [-0.1, -0.05) is 26.7 Å². The topological polar surface area (TPSA) is 49.8 Å². The van der Waals surface area contributed by atoms with Crippen LogP contribution in [0.3, 0.4) is 0 Å². The first-order valence-electron chi connectivity index (χ1n) is 6.54. The SMILES string of the molecule is CCC1(CC)CCN(C(COC)C(=O)O)CC1. The van der Waals surface area contributed by atoms with E-state index >= 15 is 0 Å². The molecule has 1 fully saturated rings. The second-order valence-corrected chi connectivity index (χ2v) is 5.05. The van der Waals surface area contributed by atoms with Crippen LogP contribution in [-0.2, 0) is 9.53 Å². The molecular weight excluding hydrogens is 218 g/mol. The molecule has 1 N–H and O–H groups in total. The monoisotopic (exact) mass is 243 g/mol. The molecule has 0 spiro atoms. The Hall–Kier alpha value is -0.610. The summed E-state index contributed by atoms with van der Waals surface area (Å²) in [5.41, 5.74) is 0.437. The molecule has 0 aromatic heterocycles. The minimum atomic E-state index is -0.771. The first-order valence-corrected chi connectivity index (χ1v) is 6.54. The summed E-state index contributed by atoms with van der Waals surface area (Å²) in [6, 6.07) is -0.480. The third-order valence-corrected chi connectivity index (χ3v) is 4.41. The Morgan fingerprint density at radius 1 is 1.35 bits per heavy atom. The van der Waals surface area contributed by atoms with E-state index in [9.17, 15) is 9.90 Å². The molecule has 1 aliphatic rings. The van der Waals surface area contributed by atoms with Gasteiger partial charge >= 0.3 is 5.97 Å². The molecule has 1 rings (SSSR count). The summed E-state index contributed by atoms with van der Waals surface area (Å²) in [6.07, 6.45) is 4.60. The van der Waals surface area contributed by atoms with Crippen LogP contribution in [-0.4, -0.2) is 48.8 Å². The number of hydrogen-bond donors (Lipinski definition) is 1. The summed E-state index contributed by atoms with van der Waals surface area (Å²) in [6.45, 7) is 6.51. The van der Waals surface area contributed by atoms with Crippen molar-refractivity contribution in [2.24, 2.45) is 5.41 Å². The van der Waals surface area contributed by atoms with E-state index in [1.54, 1.807) is 7.11 Å². The zero-order valence-corrected chi connectivity index (χ0v) is 11.2. The number of carbonyl (C=O) groups is 1. The van der Waals surface area contributed by atoms with Crippen LogP contribution in [0.5, 0.6) is 0 Å². The quantitative estimate of drug-likeness (QED) is 0.775. The molecule has 100 valence electrons. The lowest BCUT2D eigenvalue weighted by atomic mass is 9.74. The predicted octanol–water partition coefficient (Wildman–Crippen LogP) is 1.99. The fourth-order valence-electron chi connectivity index (χ4n) is 2.76. The fraction of sp³-hybridized carbons (Fsp3) is 0.923. The Morgan fingerprint density at radius 2 is 1.88 bits per heavy atom. The van der Waals surface area contributed by atoms with Gasteiger partial charge in [-0.3, -0.25) is 9.69 Å². The first-order chi connectivity index (χ1) is 8.08. The van der Waals surface area contributed by atoms with Gasteiger partial charge in [0.05, 0.1) is 6.61 Å². The highest BCUT2D eigenvalue weighted by molar-refractivity contribution is 5.73. The predicted molar refractivity (Wildman–Crippen MR) is 67.1 cm³/mol. The van der Waals surface area contributed by atoms with Crippen LogP contribution in [0.25, 0.3) is 0 Å². The second-order valence-electron chi connectivity index (χ2n) is 5.05. The summed E-state index contributed by atoms with van der Waals surface area (Å²) in [5.74, 6) is -0.771. The molecule has 17 heavy (non-hydrogen) atoms. The molecule has 0 radical (unpaired) electrons. The third-order valence-electron chi connectivity index (χ3n) is 4.41. The van der Waals surface area contributed by atoms with E-state index in [-0.39, 0.29) is 6.61 Å². The Kier molecular flexibility index (Phi) is 5.40. The molecule has 0 aromatic rings. The molecule has 4 heteroatoms. The smallest absolute Gasteiger partial charge is 0.323 e. The average molecular weight is 243 g/mol. The molecular formula is C13H25NO3. The number of aliphatic carboxylic acids is 1. The molecule has 1 heterocycles. The molecule has 4 nitrogen and oxygen atoms in total. The molecule has 0 bridgehead atoms. The number of carboxylic acids is 1. The maximum absolute atomic E-state index is 11.2. The lowest BCUT2D eigenvalue weighted by molar-refractivity contribution is -0.146. The Bertz CT molecular complexity index is 241. The zero-order valence-electron chi connectivity index (χ0n) is 11.2. The first kappa shape index (κ1) is 14.5. The molecule has 0 aliphatic carbocycles. The van der Waals surface area contributed by atoms with Gasteiger partial charge in [-0.2, -0.15) is 0 Å². The van der Waals surface area contributed by atoms with Gasteiger partial charge in [0.2, 0.25) is 0 Å². The van der Waals surface area contributed by atoms with Gasteiger partial charge in [0.15, 0.2) is 0 Å². The Balaban J connectivity index is 2.57. The number of carboxylic acid groups (broad SMARTS) is 1. The minimum absolute atomic E-state index is 0.278. The summed E-state index contributed by atoms with van der Waals surface area (Å²) < 4.78 is 5.00. The summed E-state index contributed by atoms with van der Waals surface area (Å²) in [7, 11) is 1.56. The second kappa shape index (κ2) is 6.36. The highest BCUT2D eigenvalue weighted by Gasteiger charge is 2.35. The van der Waals surface area contributed by atoms with E-state index in [1.165, 1.54) is 12.8 Å². The van der Waals surface area contributed by atoms with Crippen molar-refractivity contribution >= 4 is 5.97 Å². The number of methoxy groups -OCH3 is 1. The van der Waals surface area contributed by atoms with Gasteiger partial charge < -0.3 is 9.84 Å². The molecule has 0 saturated carbocycles. The molecule has 1 atom stereocenters. The minimum Gasteiger partial charge on any atom is -0.480 e. The largest absolute Gasteiger partial charge is 0.480 e. The van der Waals surface area contributed by atoms with E-state index < -0.39 is 12.0 Å². The van der Waals surface area contributed by atoms with Gasteiger partial charge in [-0.15, -0.1) is 0 Å². The van der Waals surface area contributed by atoms with E-state index in [1.807, 2.05) is 0 Å². The van der Waals surface area contributed by atoms with Crippen molar-refractivity contribution in [1.82, 2.24) is 4.90 Å². The molecule has 0 amide bonds. The molecule has 0 aromatic carbocycles. The Labute approximate surface area is 104 Å². The van der Waals surface area contributed by atoms with E-state index in [4.69, 9.17) is 4.74 Å². The number of piperidine rings is 1. The van der Waals surface area contributed by atoms with Gasteiger partial charge in [0.25, 0.3) is 0 Å². The van der Waals surface area contributed by atoms with Crippen molar-refractivity contribution in [3.8, 4) is 0 Å². The summed E-state index contributed by atoms with van der Waals surface area (Å²) >= 11 is 0. The highest BCUT2D eigenvalue weighted by atomic mass is 16.5. The van der Waals surface area contributed by atoms with Crippen LogP contribution < -0.4 is 0 Å². The van der Waals surface area contributed by atoms with Gasteiger partial charge in [-0.05, 0) is 31.3 Å². The van der Waals surface area contributed by atoms with Crippen molar-refractivity contribution in [2.45, 2.75) is 45.6 Å². The van der Waals surface area contributed by atoms with Crippen molar-refractivity contribution in [2.75, 3.05) is 26.8 Å². The third kappa shape index (κ3) is 3.42. The lowest BCUT2D eigenvalue weighted by Crippen LogP contribution is -2.50. The molecule has 1 unspecified atom stereocenters. The number of nitrogens with zero attached hydrogens (tertiary/aromatic N) is 1. The van der Waals surface area contributed by atoms with Crippen molar-refractivity contribution in [1.29, 1.82) is 0 Å². The summed E-state index contributed by atoms with van der Waals surface area (Å²) in [4.78, 5) is 13.2. The van der Waals surface area contributed by atoms with Crippen molar-refractivity contribution < 1.29 is 14.6 Å². The number of hydrogen-bond acceptors (Lipinski definition) is 3. The van der Waals surface area contributed by atoms with Gasteiger partial charge in [0.1, 0.15) is 6.04 Å². The van der Waals surface area contributed by atoms with Crippen LogP contribution in [0, 0.1) is 5.41 Å². The normalized spacial score (nSPS) is 22.3. The fourth-order valence-corrected chi connectivity index (χ4v) is 2.76. The van der Waals surface area contributed by atoms with Crippen LogP contribution in [0.2, 0.25) is 0 Å². The molecule has 1 aliphatic heterocycles. The van der Waals surface area contributed by atoms with Crippen LogP contribution in [0.1, 0.15) is 39.5 Å². The standard InChI is InChI=1S/C13H25NO3/c1-4-13(5-2)6-8-14(9-7-13)11(10-17-3)12(15)16/h11H,4-10H2,1-3H3,(H,15,16). The maximum Gasteiger partial charge on any atom is 0.323 e. The zero-order chi connectivity index (χ0) is 12.9. The van der Waals surface area contributed by atoms with E-state index in [2.05, 4.69) is 18.7 Å². The van der Waals surface area contributed by atoms with E-state index in [0.717, 1.165) is 25.9 Å². The van der Waals surface area contributed by atoms with Crippen molar-refractivity contribution in [3.05, 3.63) is 0 Å². The highest BCUT2D eigenvalue weighted by Crippen LogP contribution is 2.38. The molecule has 1 saturated heterocycles. The van der Waals surface area contributed by atoms with Crippen LogP contribution >= 0.6 is 0 Å². The lowest BCUT2D eigenvalue weighted by Gasteiger charge is -2.42. The van der Waals surface area contributed by atoms with Crippen LogP contribution in [0.4, 0.5) is 0 Å². The van der Waals surface area contributed by atoms with Crippen LogP contribution in [0.15, 0.2) is 0 Å². The number of likely N-dealkylation sites (tertiary alicyclic amines) is 1. The van der Waals surface area contributed by atoms with Gasteiger partial charge in [0, 0.05) is 7.11 Å². The van der Waals surface area contributed by atoms with Gasteiger partial charge in [-0.25, -0.2) is 0 Å². The Morgan fingerprint density at radius 3 is 2.24 bits per heavy atom. The average Bonchev–Trinajstić information content (AvgIpc) is 2.36. The van der Waals surface area contributed by atoms with E-state index in [0.29, 0.717) is 5.41 Å².